The standard InChI is InChI=1S/C25H32N4O3S/c1-28-23-13-12-21(33(31,32)29-17-6-3-7-18-29)19-22(23)27-24(28)14-15-25(30)26-16-8-11-20-9-4-2-5-10-20/h2,4-5,9-10,12-13,19H,3,6-8,11,14-18H2,1H3,(H,26,30). The molecule has 1 N–H and O–H groups in total. The Balaban J connectivity index is 1.34. The minimum atomic E-state index is -3.50. The van der Waals surface area contributed by atoms with E-state index in [1.165, 1.54) is 5.56 Å². The molecule has 1 fully saturated rings. The molecule has 0 unspecified atom stereocenters. The molecule has 1 aliphatic heterocycles. The molecule has 8 heteroatoms. The lowest BCUT2D eigenvalue weighted by molar-refractivity contribution is -0.121. The highest BCUT2D eigenvalue weighted by Gasteiger charge is 2.26. The van der Waals surface area contributed by atoms with E-state index in [1.807, 2.05) is 35.9 Å². The van der Waals surface area contributed by atoms with Crippen molar-refractivity contribution >= 4 is 27.0 Å². The number of nitrogens with zero attached hydrogens (tertiary/aromatic N) is 3. The van der Waals surface area contributed by atoms with E-state index >= 15 is 0 Å². The zero-order valence-corrected chi connectivity index (χ0v) is 20.0. The fourth-order valence-electron chi connectivity index (χ4n) is 4.35. The summed E-state index contributed by atoms with van der Waals surface area (Å²) in [6.07, 6.45) is 5.58. The number of sulfonamides is 1. The van der Waals surface area contributed by atoms with Crippen molar-refractivity contribution in [1.29, 1.82) is 0 Å². The van der Waals surface area contributed by atoms with Crippen LogP contribution in [0.3, 0.4) is 0 Å². The summed E-state index contributed by atoms with van der Waals surface area (Å²) in [6, 6.07) is 15.4. The molecule has 2 heterocycles. The van der Waals surface area contributed by atoms with Gasteiger partial charge < -0.3 is 9.88 Å². The molecule has 0 aliphatic carbocycles. The molecule has 0 spiro atoms. The average Bonchev–Trinajstić information content (AvgIpc) is 3.16. The number of fused-ring (bicyclic) bond motifs is 1. The summed E-state index contributed by atoms with van der Waals surface area (Å²) >= 11 is 0. The summed E-state index contributed by atoms with van der Waals surface area (Å²) in [7, 11) is -1.59. The van der Waals surface area contributed by atoms with Gasteiger partial charge >= 0.3 is 0 Å². The van der Waals surface area contributed by atoms with Crippen molar-refractivity contribution in [2.75, 3.05) is 19.6 Å². The highest BCUT2D eigenvalue weighted by Crippen LogP contribution is 2.24. The first-order valence-corrected chi connectivity index (χ1v) is 13.2. The predicted octanol–water partition coefficient (Wildman–Crippen LogP) is 3.43. The van der Waals surface area contributed by atoms with Crippen LogP contribution in [0.1, 0.15) is 43.5 Å². The minimum absolute atomic E-state index is 0.00323. The van der Waals surface area contributed by atoms with E-state index in [-0.39, 0.29) is 10.8 Å². The molecule has 7 nitrogen and oxygen atoms in total. The average molecular weight is 469 g/mol. The van der Waals surface area contributed by atoms with Crippen molar-refractivity contribution in [3.05, 3.63) is 59.9 Å². The van der Waals surface area contributed by atoms with Crippen LogP contribution in [0.15, 0.2) is 53.4 Å². The van der Waals surface area contributed by atoms with E-state index in [0.29, 0.717) is 38.0 Å². The zero-order chi connectivity index (χ0) is 23.3. The van der Waals surface area contributed by atoms with Crippen LogP contribution in [-0.4, -0.2) is 47.8 Å². The number of rotatable bonds is 9. The Bertz CT molecular complexity index is 1200. The molecule has 1 amide bonds. The summed E-state index contributed by atoms with van der Waals surface area (Å²) in [4.78, 5) is 17.2. The number of hydrogen-bond acceptors (Lipinski definition) is 4. The van der Waals surface area contributed by atoms with Gasteiger partial charge in [0.05, 0.1) is 15.9 Å². The lowest BCUT2D eigenvalue weighted by Gasteiger charge is -2.25. The number of piperidine rings is 1. The Kier molecular flexibility index (Phi) is 7.45. The third kappa shape index (κ3) is 5.62. The Morgan fingerprint density at radius 3 is 2.55 bits per heavy atom. The number of imidazole rings is 1. The van der Waals surface area contributed by atoms with E-state index in [2.05, 4.69) is 22.4 Å². The lowest BCUT2D eigenvalue weighted by atomic mass is 10.1. The third-order valence-electron chi connectivity index (χ3n) is 6.28. The van der Waals surface area contributed by atoms with E-state index in [0.717, 1.165) is 43.4 Å². The second-order valence-electron chi connectivity index (χ2n) is 8.64. The second-order valence-corrected chi connectivity index (χ2v) is 10.6. The normalized spacial score (nSPS) is 15.1. The van der Waals surface area contributed by atoms with Crippen molar-refractivity contribution in [2.24, 2.45) is 7.05 Å². The van der Waals surface area contributed by atoms with Crippen molar-refractivity contribution < 1.29 is 13.2 Å². The van der Waals surface area contributed by atoms with Crippen molar-refractivity contribution in [1.82, 2.24) is 19.2 Å². The molecule has 1 aliphatic rings. The van der Waals surface area contributed by atoms with Gasteiger partial charge in [0.15, 0.2) is 0 Å². The Labute approximate surface area is 195 Å². The summed E-state index contributed by atoms with van der Waals surface area (Å²) in [6.45, 7) is 1.80. The van der Waals surface area contributed by atoms with E-state index in [4.69, 9.17) is 0 Å². The van der Waals surface area contributed by atoms with Gasteiger partial charge in [-0.25, -0.2) is 13.4 Å². The van der Waals surface area contributed by atoms with Crippen LogP contribution in [0.4, 0.5) is 0 Å². The van der Waals surface area contributed by atoms with Gasteiger partial charge in [0, 0.05) is 39.5 Å². The first-order chi connectivity index (χ1) is 15.9. The van der Waals surface area contributed by atoms with Crippen molar-refractivity contribution in [3.8, 4) is 0 Å². The van der Waals surface area contributed by atoms with Gasteiger partial charge in [-0.1, -0.05) is 36.8 Å². The summed E-state index contributed by atoms with van der Waals surface area (Å²) < 4.78 is 29.5. The highest BCUT2D eigenvalue weighted by atomic mass is 32.2. The molecular formula is C25H32N4O3S. The van der Waals surface area contributed by atoms with Gasteiger partial charge in [-0.3, -0.25) is 4.79 Å². The Morgan fingerprint density at radius 1 is 1.03 bits per heavy atom. The predicted molar refractivity (Wildman–Crippen MR) is 129 cm³/mol. The molecule has 33 heavy (non-hydrogen) atoms. The van der Waals surface area contributed by atoms with E-state index < -0.39 is 10.0 Å². The van der Waals surface area contributed by atoms with Gasteiger partial charge in [-0.15, -0.1) is 0 Å². The smallest absolute Gasteiger partial charge is 0.243 e. The van der Waals surface area contributed by atoms with Gasteiger partial charge in [0.2, 0.25) is 15.9 Å². The lowest BCUT2D eigenvalue weighted by Crippen LogP contribution is -2.35. The van der Waals surface area contributed by atoms with Crippen LogP contribution in [0.5, 0.6) is 0 Å². The van der Waals surface area contributed by atoms with Crippen molar-refractivity contribution in [2.45, 2.75) is 49.8 Å². The van der Waals surface area contributed by atoms with Crippen LogP contribution in [0, 0.1) is 0 Å². The molecule has 0 saturated carbocycles. The number of benzene rings is 2. The van der Waals surface area contributed by atoms with Crippen molar-refractivity contribution in [3.63, 3.8) is 0 Å². The second kappa shape index (κ2) is 10.5. The maximum Gasteiger partial charge on any atom is 0.243 e. The van der Waals surface area contributed by atoms with Crippen LogP contribution < -0.4 is 5.32 Å². The molecular weight excluding hydrogens is 436 g/mol. The van der Waals surface area contributed by atoms with Crippen LogP contribution in [0.2, 0.25) is 0 Å². The number of carbonyl (C=O) groups is 1. The maximum absolute atomic E-state index is 13.0. The number of aryl methyl sites for hydroxylation is 3. The van der Waals surface area contributed by atoms with Crippen LogP contribution >= 0.6 is 0 Å². The molecule has 1 saturated heterocycles. The first-order valence-electron chi connectivity index (χ1n) is 11.7. The zero-order valence-electron chi connectivity index (χ0n) is 19.2. The number of aromatic nitrogens is 2. The number of nitrogens with one attached hydrogen (secondary N) is 1. The van der Waals surface area contributed by atoms with Gasteiger partial charge in [-0.05, 0) is 49.4 Å². The number of carbonyl (C=O) groups excluding carboxylic acids is 1. The first kappa shape index (κ1) is 23.4. The maximum atomic E-state index is 13.0. The molecule has 0 bridgehead atoms. The highest BCUT2D eigenvalue weighted by molar-refractivity contribution is 7.89. The quantitative estimate of drug-likeness (QED) is 0.488. The monoisotopic (exact) mass is 468 g/mol. The minimum Gasteiger partial charge on any atom is -0.356 e. The third-order valence-corrected chi connectivity index (χ3v) is 8.18. The molecule has 0 atom stereocenters. The number of hydrogen-bond donors (Lipinski definition) is 1. The summed E-state index contributed by atoms with van der Waals surface area (Å²) in [5.74, 6) is 0.778. The topological polar surface area (TPSA) is 84.3 Å². The van der Waals surface area contributed by atoms with E-state index in [9.17, 15) is 13.2 Å². The summed E-state index contributed by atoms with van der Waals surface area (Å²) in [5.41, 5.74) is 2.79. The molecule has 2 aromatic carbocycles. The molecule has 176 valence electrons. The molecule has 4 rings (SSSR count). The van der Waals surface area contributed by atoms with Gasteiger partial charge in [0.1, 0.15) is 5.82 Å². The van der Waals surface area contributed by atoms with Gasteiger partial charge in [0.25, 0.3) is 0 Å². The SMILES string of the molecule is Cn1c(CCC(=O)NCCCc2ccccc2)nc2cc(S(=O)(=O)N3CCCCC3)ccc21. The fourth-order valence-corrected chi connectivity index (χ4v) is 5.88. The van der Waals surface area contributed by atoms with Gasteiger partial charge in [-0.2, -0.15) is 4.31 Å². The fraction of sp³-hybridized carbons (Fsp3) is 0.440. The number of amides is 1. The Hall–Kier alpha value is -2.71. The molecule has 1 aromatic heterocycles. The molecule has 0 radical (unpaired) electrons. The van der Waals surface area contributed by atoms with E-state index in [1.54, 1.807) is 16.4 Å². The largest absolute Gasteiger partial charge is 0.356 e. The Morgan fingerprint density at radius 2 is 1.79 bits per heavy atom. The van der Waals surface area contributed by atoms with Crippen LogP contribution in [0.25, 0.3) is 11.0 Å². The molecule has 3 aromatic rings. The summed E-state index contributed by atoms with van der Waals surface area (Å²) in [5, 5.41) is 2.98. The van der Waals surface area contributed by atoms with Crippen LogP contribution in [-0.2, 0) is 34.7 Å².